The van der Waals surface area contributed by atoms with Crippen LogP contribution >= 0.6 is 22.7 Å². The first-order valence-corrected chi connectivity index (χ1v) is 15.5. The fourth-order valence-corrected chi connectivity index (χ4v) is 6.85. The second-order valence-electron chi connectivity index (χ2n) is 9.88. The molecule has 4 aromatic carbocycles. The van der Waals surface area contributed by atoms with Crippen molar-refractivity contribution < 1.29 is 0 Å². The van der Waals surface area contributed by atoms with E-state index in [2.05, 4.69) is 135 Å². The molecule has 0 nitrogen and oxygen atoms in total. The molecule has 0 amide bonds. The predicted molar refractivity (Wildman–Crippen MR) is 182 cm³/mol. The minimum Gasteiger partial charge on any atom is -0.140 e. The van der Waals surface area contributed by atoms with Crippen molar-refractivity contribution in [2.45, 2.75) is 13.8 Å². The van der Waals surface area contributed by atoms with Crippen molar-refractivity contribution in [1.29, 1.82) is 0 Å². The Kier molecular flexibility index (Phi) is 8.30. The summed E-state index contributed by atoms with van der Waals surface area (Å²) in [5.74, 6) is 14.1. The maximum atomic E-state index is 3.61. The molecule has 6 aromatic rings. The lowest BCUT2D eigenvalue weighted by Crippen LogP contribution is -1.91. The van der Waals surface area contributed by atoms with E-state index in [0.717, 1.165) is 33.4 Å². The number of aryl methyl sites for hydroxylation is 2. The minimum absolute atomic E-state index is 0.957. The topological polar surface area (TPSA) is 0 Å². The second-order valence-corrected chi connectivity index (χ2v) is 12.4. The number of benzene rings is 4. The zero-order valence-electron chi connectivity index (χ0n) is 23.5. The number of allylic oxidation sites excluding steroid dienone is 2. The van der Waals surface area contributed by atoms with Gasteiger partial charge in [-0.25, -0.2) is 0 Å². The molecule has 42 heavy (non-hydrogen) atoms. The molecule has 2 heteroatoms. The van der Waals surface area contributed by atoms with Crippen molar-refractivity contribution in [3.63, 3.8) is 0 Å². The Labute approximate surface area is 256 Å². The number of thiophene rings is 2. The van der Waals surface area contributed by atoms with Crippen LogP contribution in [0.25, 0.3) is 32.0 Å². The van der Waals surface area contributed by atoms with Crippen molar-refractivity contribution in [2.75, 3.05) is 0 Å². The van der Waals surface area contributed by atoms with E-state index in [1.807, 2.05) is 36.4 Å². The molecule has 0 atom stereocenters. The van der Waals surface area contributed by atoms with Gasteiger partial charge in [0.2, 0.25) is 0 Å². The third kappa shape index (κ3) is 6.22. The van der Waals surface area contributed by atoms with Crippen LogP contribution in [-0.2, 0) is 0 Å². The average molecular weight is 573 g/mol. The summed E-state index contributed by atoms with van der Waals surface area (Å²) in [6.07, 6.45) is 0. The Morgan fingerprint density at radius 3 is 1.14 bits per heavy atom. The maximum Gasteiger partial charge on any atom is 0.0495 e. The lowest BCUT2D eigenvalue weighted by Gasteiger charge is -2.07. The van der Waals surface area contributed by atoms with Crippen LogP contribution in [0.2, 0.25) is 0 Å². The van der Waals surface area contributed by atoms with E-state index in [-0.39, 0.29) is 0 Å². The fourth-order valence-electron chi connectivity index (χ4n) is 4.79. The summed E-state index contributed by atoms with van der Waals surface area (Å²) in [4.78, 5) is 4.90. The van der Waals surface area contributed by atoms with Crippen LogP contribution in [0.15, 0.2) is 133 Å². The van der Waals surface area contributed by atoms with Gasteiger partial charge >= 0.3 is 0 Å². The van der Waals surface area contributed by atoms with Crippen LogP contribution < -0.4 is 0 Å². The van der Waals surface area contributed by atoms with Gasteiger partial charge in [0, 0.05) is 52.9 Å². The van der Waals surface area contributed by atoms with Crippen LogP contribution in [0.3, 0.4) is 0 Å². The standard InChI is InChI=1S/C40H28S2/c1-29-37(27-39(41-29)33-19-11-5-12-20-33)35(25-23-31-15-7-3-8-16-31)36(26-24-32-17-9-4-10-18-32)38-28-40(42-30(38)2)34-21-13-6-14-22-34/h3-22,27-28H,1-2H3/b36-35+. The third-order valence-corrected chi connectivity index (χ3v) is 9.15. The molecule has 6 rings (SSSR count). The molecule has 0 radical (unpaired) electrons. The van der Waals surface area contributed by atoms with Gasteiger partial charge in [0.15, 0.2) is 0 Å². The summed E-state index contributed by atoms with van der Waals surface area (Å²) in [6, 6.07) is 46.1. The van der Waals surface area contributed by atoms with E-state index >= 15 is 0 Å². The minimum atomic E-state index is 0.957. The monoisotopic (exact) mass is 572 g/mol. The molecule has 0 N–H and O–H groups in total. The molecule has 0 aliphatic heterocycles. The molecule has 0 aliphatic carbocycles. The molecule has 2 aromatic heterocycles. The zero-order chi connectivity index (χ0) is 28.7. The number of hydrogen-bond acceptors (Lipinski definition) is 2. The molecule has 200 valence electrons. The maximum absolute atomic E-state index is 3.61. The van der Waals surface area contributed by atoms with Gasteiger partial charge in [0.05, 0.1) is 0 Å². The van der Waals surface area contributed by atoms with Crippen LogP contribution in [0, 0.1) is 37.5 Å². The molecule has 0 spiro atoms. The predicted octanol–water partition coefficient (Wildman–Crippen LogP) is 10.8. The molecular formula is C40H28S2. The quantitative estimate of drug-likeness (QED) is 0.184. The van der Waals surface area contributed by atoms with Crippen LogP contribution in [0.1, 0.15) is 32.0 Å². The highest BCUT2D eigenvalue weighted by Crippen LogP contribution is 2.40. The summed E-state index contributed by atoms with van der Waals surface area (Å²) in [5, 5.41) is 0. The molecule has 0 fully saturated rings. The van der Waals surface area contributed by atoms with E-state index in [9.17, 15) is 0 Å². The second kappa shape index (κ2) is 12.8. The highest BCUT2D eigenvalue weighted by Gasteiger charge is 2.18. The third-order valence-electron chi connectivity index (χ3n) is 6.95. The summed E-state index contributed by atoms with van der Waals surface area (Å²) in [5.41, 5.74) is 8.56. The van der Waals surface area contributed by atoms with Crippen molar-refractivity contribution in [3.8, 4) is 44.6 Å². The Morgan fingerprint density at radius 1 is 0.452 bits per heavy atom. The van der Waals surface area contributed by atoms with E-state index in [0.29, 0.717) is 0 Å². The molecular weight excluding hydrogens is 545 g/mol. The van der Waals surface area contributed by atoms with Crippen LogP contribution in [0.4, 0.5) is 0 Å². The highest BCUT2D eigenvalue weighted by atomic mass is 32.1. The van der Waals surface area contributed by atoms with Gasteiger partial charge in [0.1, 0.15) is 0 Å². The van der Waals surface area contributed by atoms with Gasteiger partial charge in [-0.2, -0.15) is 0 Å². The SMILES string of the molecule is Cc1sc(-c2ccccc2)cc1/C(C#Cc1ccccc1)=C(\C#Cc1ccccc1)c1cc(-c2ccccc2)sc1C. The van der Waals surface area contributed by atoms with Gasteiger partial charge in [-0.15, -0.1) is 22.7 Å². The fraction of sp³-hybridized carbons (Fsp3) is 0.0500. The average Bonchev–Trinajstić information content (AvgIpc) is 3.63. The largest absolute Gasteiger partial charge is 0.140 e. The Balaban J connectivity index is 1.62. The Bertz CT molecular complexity index is 1820. The van der Waals surface area contributed by atoms with Gasteiger partial charge in [-0.3, -0.25) is 0 Å². The van der Waals surface area contributed by atoms with Gasteiger partial charge in [0.25, 0.3) is 0 Å². The smallest absolute Gasteiger partial charge is 0.0495 e. The molecule has 2 heterocycles. The van der Waals surface area contributed by atoms with Crippen LogP contribution in [0.5, 0.6) is 0 Å². The van der Waals surface area contributed by atoms with Crippen LogP contribution in [-0.4, -0.2) is 0 Å². The molecule has 0 unspecified atom stereocenters. The van der Waals surface area contributed by atoms with Crippen molar-refractivity contribution in [3.05, 3.63) is 165 Å². The number of rotatable bonds is 4. The van der Waals surface area contributed by atoms with E-state index in [1.54, 1.807) is 22.7 Å². The number of hydrogen-bond donors (Lipinski definition) is 0. The lowest BCUT2D eigenvalue weighted by atomic mass is 9.94. The molecule has 0 bridgehead atoms. The Morgan fingerprint density at radius 2 is 0.786 bits per heavy atom. The molecule has 0 aliphatic rings. The van der Waals surface area contributed by atoms with E-state index in [4.69, 9.17) is 0 Å². The summed E-state index contributed by atoms with van der Waals surface area (Å²) in [7, 11) is 0. The van der Waals surface area contributed by atoms with Gasteiger partial charge in [-0.1, -0.05) is 121 Å². The van der Waals surface area contributed by atoms with E-state index < -0.39 is 0 Å². The molecule has 0 saturated carbocycles. The van der Waals surface area contributed by atoms with Crippen molar-refractivity contribution in [2.24, 2.45) is 0 Å². The Hall–Kier alpha value is -4.86. The van der Waals surface area contributed by atoms with E-state index in [1.165, 1.54) is 30.6 Å². The first kappa shape index (κ1) is 27.3. The zero-order valence-corrected chi connectivity index (χ0v) is 25.2. The summed E-state index contributed by atoms with van der Waals surface area (Å²) in [6.45, 7) is 4.38. The normalized spacial score (nSPS) is 11.1. The summed E-state index contributed by atoms with van der Waals surface area (Å²) < 4.78 is 0. The first-order valence-electron chi connectivity index (χ1n) is 13.9. The molecule has 0 saturated heterocycles. The summed E-state index contributed by atoms with van der Waals surface area (Å²) >= 11 is 3.61. The van der Waals surface area contributed by atoms with Gasteiger partial charge in [-0.05, 0) is 61.4 Å². The first-order chi connectivity index (χ1) is 20.7. The highest BCUT2D eigenvalue weighted by molar-refractivity contribution is 7.16. The lowest BCUT2D eigenvalue weighted by molar-refractivity contribution is 1.55. The van der Waals surface area contributed by atoms with Crippen molar-refractivity contribution in [1.82, 2.24) is 0 Å². The van der Waals surface area contributed by atoms with Crippen molar-refractivity contribution >= 4 is 33.8 Å². The van der Waals surface area contributed by atoms with Gasteiger partial charge < -0.3 is 0 Å².